The lowest BCUT2D eigenvalue weighted by Crippen LogP contribution is -2.64. The van der Waals surface area contributed by atoms with E-state index in [-0.39, 0.29) is 0 Å². The van der Waals surface area contributed by atoms with Gasteiger partial charge in [0.15, 0.2) is 6.29 Å². The van der Waals surface area contributed by atoms with E-state index < -0.39 is 53.3 Å². The van der Waals surface area contributed by atoms with Crippen LogP contribution in [0, 0.1) is 0 Å². The molecule has 9 nitrogen and oxygen atoms in total. The highest BCUT2D eigenvalue weighted by atomic mass is 32.2. The molecule has 0 aromatic carbocycles. The van der Waals surface area contributed by atoms with Crippen molar-refractivity contribution in [2.75, 3.05) is 20.0 Å². The second-order valence-electron chi connectivity index (χ2n) is 4.47. The lowest BCUT2D eigenvalue weighted by Gasteiger charge is -2.41. The summed E-state index contributed by atoms with van der Waals surface area (Å²) in [6.07, 6.45) is -4.10. The molecule has 0 saturated carbocycles. The molecule has 5 unspecified atom stereocenters. The van der Waals surface area contributed by atoms with Crippen molar-refractivity contribution in [1.29, 1.82) is 0 Å². The predicted octanol–water partition coefficient (Wildman–Crippen LogP) is -2.44. The van der Waals surface area contributed by atoms with E-state index in [0.717, 1.165) is 6.26 Å². The van der Waals surface area contributed by atoms with Crippen molar-refractivity contribution in [2.24, 2.45) is 0 Å². The number of hydrogen-bond acceptors (Lipinski definition) is 8. The highest BCUT2D eigenvalue weighted by Gasteiger charge is 2.45. The zero-order chi connectivity index (χ0) is 15.5. The van der Waals surface area contributed by atoms with Crippen LogP contribution in [0.2, 0.25) is 0 Å². The first-order valence-corrected chi connectivity index (χ1v) is 7.63. The monoisotopic (exact) mass is 313 g/mol. The Morgan fingerprint density at radius 1 is 1.35 bits per heavy atom. The number of hydrogen-bond donors (Lipinski definition) is 3. The van der Waals surface area contributed by atoms with E-state index in [1.54, 1.807) is 0 Å². The summed E-state index contributed by atoms with van der Waals surface area (Å²) >= 11 is 0. The van der Waals surface area contributed by atoms with Gasteiger partial charge in [-0.25, -0.2) is 0 Å². The molecule has 1 aliphatic heterocycles. The molecular weight excluding hydrogens is 294 g/mol. The molecule has 118 valence electrons. The molecular formula is C10H19NO8S. The molecule has 5 atom stereocenters. The zero-order valence-corrected chi connectivity index (χ0v) is 12.2. The standard InChI is InChI=1S/C10H19NO8S/c1-5(12)11-7-9(14)8(13)6(19-10(7)17-2)4-18-20(3,15)16/h6-10,13-14H,4H2,1-3H3,(H,11,12). The van der Waals surface area contributed by atoms with Gasteiger partial charge in [-0.15, -0.1) is 0 Å². The van der Waals surface area contributed by atoms with Gasteiger partial charge < -0.3 is 25.0 Å². The topological polar surface area (TPSA) is 131 Å². The Hall–Kier alpha value is -0.780. The van der Waals surface area contributed by atoms with Crippen LogP contribution in [0.15, 0.2) is 0 Å². The highest BCUT2D eigenvalue weighted by molar-refractivity contribution is 7.85. The normalized spacial score (nSPS) is 34.8. The minimum atomic E-state index is -3.70. The van der Waals surface area contributed by atoms with Crippen LogP contribution in [0.1, 0.15) is 6.92 Å². The molecule has 1 fully saturated rings. The summed E-state index contributed by atoms with van der Waals surface area (Å²) in [5, 5.41) is 22.2. The van der Waals surface area contributed by atoms with Crippen LogP contribution in [0.3, 0.4) is 0 Å². The summed E-state index contributed by atoms with van der Waals surface area (Å²) in [5.74, 6) is -0.433. The smallest absolute Gasteiger partial charge is 0.264 e. The van der Waals surface area contributed by atoms with Gasteiger partial charge in [-0.05, 0) is 0 Å². The molecule has 1 amide bonds. The summed E-state index contributed by atoms with van der Waals surface area (Å²) in [6.45, 7) is 0.772. The lowest BCUT2D eigenvalue weighted by atomic mass is 9.97. The van der Waals surface area contributed by atoms with Crippen LogP contribution in [-0.2, 0) is 28.6 Å². The minimum Gasteiger partial charge on any atom is -0.388 e. The average molecular weight is 313 g/mol. The van der Waals surface area contributed by atoms with Gasteiger partial charge in [-0.2, -0.15) is 8.42 Å². The van der Waals surface area contributed by atoms with Gasteiger partial charge in [0.1, 0.15) is 24.4 Å². The van der Waals surface area contributed by atoms with Gasteiger partial charge in [-0.1, -0.05) is 0 Å². The Morgan fingerprint density at radius 3 is 2.40 bits per heavy atom. The van der Waals surface area contributed by atoms with Gasteiger partial charge in [-0.3, -0.25) is 8.98 Å². The number of carbonyl (C=O) groups excluding carboxylic acids is 1. The summed E-state index contributed by atoms with van der Waals surface area (Å²) in [7, 11) is -2.41. The Balaban J connectivity index is 2.77. The number of aliphatic hydroxyl groups is 2. The van der Waals surface area contributed by atoms with Crippen LogP contribution < -0.4 is 5.32 Å². The van der Waals surface area contributed by atoms with Crippen LogP contribution >= 0.6 is 0 Å². The second-order valence-corrected chi connectivity index (χ2v) is 6.12. The summed E-state index contributed by atoms with van der Waals surface area (Å²) in [5.41, 5.74) is 0. The van der Waals surface area contributed by atoms with Gasteiger partial charge in [0.25, 0.3) is 10.1 Å². The van der Waals surface area contributed by atoms with E-state index in [4.69, 9.17) is 9.47 Å². The van der Waals surface area contributed by atoms with E-state index in [1.807, 2.05) is 0 Å². The Morgan fingerprint density at radius 2 is 1.95 bits per heavy atom. The molecule has 1 saturated heterocycles. The maximum absolute atomic E-state index is 11.0. The number of aliphatic hydroxyl groups excluding tert-OH is 2. The molecule has 1 aliphatic rings. The SMILES string of the molecule is COC1OC(COS(C)(=O)=O)C(O)C(O)C1NC(C)=O. The first kappa shape index (κ1) is 17.3. The Labute approximate surface area is 116 Å². The van der Waals surface area contributed by atoms with Crippen molar-refractivity contribution in [3.63, 3.8) is 0 Å². The molecule has 20 heavy (non-hydrogen) atoms. The van der Waals surface area contributed by atoms with Crippen molar-refractivity contribution in [3.8, 4) is 0 Å². The molecule has 0 aromatic rings. The summed E-state index contributed by atoms with van der Waals surface area (Å²) in [4.78, 5) is 11.0. The molecule has 0 bridgehead atoms. The van der Waals surface area contributed by atoms with Crippen LogP contribution in [0.5, 0.6) is 0 Å². The van der Waals surface area contributed by atoms with Crippen molar-refractivity contribution in [1.82, 2.24) is 5.32 Å². The molecule has 0 radical (unpaired) electrons. The zero-order valence-electron chi connectivity index (χ0n) is 11.3. The van der Waals surface area contributed by atoms with Crippen LogP contribution in [0.4, 0.5) is 0 Å². The second kappa shape index (κ2) is 6.78. The van der Waals surface area contributed by atoms with Gasteiger partial charge >= 0.3 is 0 Å². The fourth-order valence-corrected chi connectivity index (χ4v) is 2.23. The number of ether oxygens (including phenoxy) is 2. The van der Waals surface area contributed by atoms with E-state index in [9.17, 15) is 23.4 Å². The van der Waals surface area contributed by atoms with E-state index in [1.165, 1.54) is 14.0 Å². The molecule has 0 aromatic heterocycles. The third-order valence-electron chi connectivity index (χ3n) is 2.75. The minimum absolute atomic E-state index is 0.433. The van der Waals surface area contributed by atoms with Crippen molar-refractivity contribution in [2.45, 2.75) is 37.6 Å². The molecule has 0 spiro atoms. The lowest BCUT2D eigenvalue weighted by molar-refractivity contribution is -0.261. The van der Waals surface area contributed by atoms with E-state index >= 15 is 0 Å². The van der Waals surface area contributed by atoms with E-state index in [2.05, 4.69) is 9.50 Å². The fourth-order valence-electron chi connectivity index (χ4n) is 1.85. The third kappa shape index (κ3) is 4.65. The van der Waals surface area contributed by atoms with Gasteiger partial charge in [0, 0.05) is 14.0 Å². The molecule has 0 aliphatic carbocycles. The number of nitrogens with one attached hydrogen (secondary N) is 1. The number of rotatable bonds is 5. The third-order valence-corrected chi connectivity index (χ3v) is 3.31. The van der Waals surface area contributed by atoms with Gasteiger partial charge in [0.2, 0.25) is 5.91 Å². The average Bonchev–Trinajstić information content (AvgIpc) is 2.32. The Kier molecular flexibility index (Phi) is 5.86. The quantitative estimate of drug-likeness (QED) is 0.477. The number of methoxy groups -OCH3 is 1. The number of amides is 1. The maximum Gasteiger partial charge on any atom is 0.264 e. The molecule has 3 N–H and O–H groups in total. The van der Waals surface area contributed by atoms with Crippen molar-refractivity contribution >= 4 is 16.0 Å². The van der Waals surface area contributed by atoms with Crippen molar-refractivity contribution in [3.05, 3.63) is 0 Å². The molecule has 1 heterocycles. The highest BCUT2D eigenvalue weighted by Crippen LogP contribution is 2.22. The first-order chi connectivity index (χ1) is 9.15. The molecule has 10 heteroatoms. The predicted molar refractivity (Wildman–Crippen MR) is 66.1 cm³/mol. The fraction of sp³-hybridized carbons (Fsp3) is 0.900. The summed E-state index contributed by atoms with van der Waals surface area (Å²) in [6, 6.07) is -0.970. The van der Waals surface area contributed by atoms with E-state index in [0.29, 0.717) is 0 Å². The largest absolute Gasteiger partial charge is 0.388 e. The maximum atomic E-state index is 11.0. The first-order valence-electron chi connectivity index (χ1n) is 5.81. The van der Waals surface area contributed by atoms with Gasteiger partial charge in [0.05, 0.1) is 12.9 Å². The van der Waals surface area contributed by atoms with Crippen molar-refractivity contribution < 1.29 is 37.1 Å². The molecule has 1 rings (SSSR count). The van der Waals surface area contributed by atoms with Crippen LogP contribution in [-0.4, -0.2) is 75.2 Å². The summed E-state index contributed by atoms with van der Waals surface area (Å²) < 4.78 is 36.6. The number of carbonyl (C=O) groups is 1. The Bertz CT molecular complexity index is 437. The van der Waals surface area contributed by atoms with Crippen LogP contribution in [0.25, 0.3) is 0 Å².